The zero-order valence-corrected chi connectivity index (χ0v) is 16.2. The molecule has 0 unspecified atom stereocenters. The molecule has 3 heteroatoms. The zero-order chi connectivity index (χ0) is 17.2. The molecule has 0 aliphatic heterocycles. The van der Waals surface area contributed by atoms with Gasteiger partial charge in [-0.05, 0) is 19.3 Å². The summed E-state index contributed by atoms with van der Waals surface area (Å²) < 4.78 is 0. The first-order valence-corrected chi connectivity index (χ1v) is 10.3. The van der Waals surface area contributed by atoms with Gasteiger partial charge in [-0.3, -0.25) is 0 Å². The number of hydrogen-bond donors (Lipinski definition) is 1. The highest BCUT2D eigenvalue weighted by molar-refractivity contribution is 5.74. The molecule has 0 rings (SSSR count). The summed E-state index contributed by atoms with van der Waals surface area (Å²) in [5.74, 6) is 0. The van der Waals surface area contributed by atoms with Crippen LogP contribution in [0.2, 0.25) is 0 Å². The van der Waals surface area contributed by atoms with Crippen LogP contribution in [-0.2, 0) is 0 Å². The maximum Gasteiger partial charge on any atom is 0.317 e. The Morgan fingerprint density at radius 3 is 1.61 bits per heavy atom. The summed E-state index contributed by atoms with van der Waals surface area (Å²) in [6, 6.07) is 0.156. The zero-order valence-electron chi connectivity index (χ0n) is 16.2. The second kappa shape index (κ2) is 17.6. The van der Waals surface area contributed by atoms with Gasteiger partial charge in [0.05, 0.1) is 0 Å². The van der Waals surface area contributed by atoms with Crippen molar-refractivity contribution in [2.45, 2.75) is 104 Å². The summed E-state index contributed by atoms with van der Waals surface area (Å²) in [7, 11) is 0. The van der Waals surface area contributed by atoms with Gasteiger partial charge >= 0.3 is 6.03 Å². The van der Waals surface area contributed by atoms with Gasteiger partial charge in [-0.1, -0.05) is 85.0 Å². The van der Waals surface area contributed by atoms with Gasteiger partial charge in [0.2, 0.25) is 0 Å². The van der Waals surface area contributed by atoms with Gasteiger partial charge in [-0.15, -0.1) is 0 Å². The standard InChI is InChI=1S/C20H42N2O/c1-4-7-10-11-12-13-14-17-21-20(23)22(18-15-8-5-2)19-16-9-6-3/h4-19H2,1-3H3,(H,21,23). The molecule has 0 spiro atoms. The quantitative estimate of drug-likeness (QED) is 0.340. The van der Waals surface area contributed by atoms with E-state index >= 15 is 0 Å². The van der Waals surface area contributed by atoms with Gasteiger partial charge in [0, 0.05) is 19.6 Å². The van der Waals surface area contributed by atoms with Gasteiger partial charge < -0.3 is 10.2 Å². The Bertz CT molecular complexity index is 246. The predicted molar refractivity (Wildman–Crippen MR) is 102 cm³/mol. The van der Waals surface area contributed by atoms with Crippen molar-refractivity contribution in [3.63, 3.8) is 0 Å². The second-order valence-electron chi connectivity index (χ2n) is 6.75. The summed E-state index contributed by atoms with van der Waals surface area (Å²) in [5, 5.41) is 3.13. The molecule has 0 aromatic heterocycles. The number of rotatable bonds is 16. The molecule has 0 saturated carbocycles. The molecule has 138 valence electrons. The van der Waals surface area contributed by atoms with Crippen molar-refractivity contribution in [1.29, 1.82) is 0 Å². The molecule has 0 aromatic carbocycles. The predicted octanol–water partition coefficient (Wildman–Crippen LogP) is 6.13. The van der Waals surface area contributed by atoms with Crippen LogP contribution in [0.1, 0.15) is 104 Å². The highest BCUT2D eigenvalue weighted by Crippen LogP contribution is 2.07. The summed E-state index contributed by atoms with van der Waals surface area (Å²) in [5.41, 5.74) is 0. The Morgan fingerprint density at radius 2 is 1.09 bits per heavy atom. The number of nitrogens with one attached hydrogen (secondary N) is 1. The molecule has 0 fully saturated rings. The summed E-state index contributed by atoms with van der Waals surface area (Å²) >= 11 is 0. The molecule has 1 N–H and O–H groups in total. The van der Waals surface area contributed by atoms with E-state index in [2.05, 4.69) is 26.1 Å². The van der Waals surface area contributed by atoms with Crippen LogP contribution >= 0.6 is 0 Å². The number of amides is 2. The van der Waals surface area contributed by atoms with E-state index in [1.165, 1.54) is 64.2 Å². The fraction of sp³-hybridized carbons (Fsp3) is 0.950. The highest BCUT2D eigenvalue weighted by atomic mass is 16.2. The molecule has 0 bridgehead atoms. The normalized spacial score (nSPS) is 10.7. The SMILES string of the molecule is CCCCCCCCCNC(=O)N(CCCCC)CCCCC. The van der Waals surface area contributed by atoms with Crippen molar-refractivity contribution < 1.29 is 4.79 Å². The van der Waals surface area contributed by atoms with Crippen molar-refractivity contribution in [2.24, 2.45) is 0 Å². The van der Waals surface area contributed by atoms with Gasteiger partial charge in [0.1, 0.15) is 0 Å². The van der Waals surface area contributed by atoms with E-state index in [4.69, 9.17) is 0 Å². The number of carbonyl (C=O) groups is 1. The van der Waals surface area contributed by atoms with E-state index in [1.807, 2.05) is 4.90 Å². The Labute approximate surface area is 145 Å². The third-order valence-electron chi connectivity index (χ3n) is 4.41. The van der Waals surface area contributed by atoms with Crippen LogP contribution < -0.4 is 5.32 Å². The Morgan fingerprint density at radius 1 is 0.652 bits per heavy atom. The molecule has 0 aromatic rings. The van der Waals surface area contributed by atoms with Crippen molar-refractivity contribution in [1.82, 2.24) is 10.2 Å². The molecule has 0 radical (unpaired) electrons. The van der Waals surface area contributed by atoms with Crippen LogP contribution in [0.15, 0.2) is 0 Å². The van der Waals surface area contributed by atoms with Gasteiger partial charge in [-0.25, -0.2) is 4.79 Å². The number of hydrogen-bond acceptors (Lipinski definition) is 1. The number of nitrogens with zero attached hydrogens (tertiary/aromatic N) is 1. The minimum absolute atomic E-state index is 0.156. The summed E-state index contributed by atoms with van der Waals surface area (Å²) in [6.45, 7) is 9.35. The smallest absolute Gasteiger partial charge is 0.317 e. The largest absolute Gasteiger partial charge is 0.338 e. The summed E-state index contributed by atoms with van der Waals surface area (Å²) in [4.78, 5) is 14.4. The lowest BCUT2D eigenvalue weighted by atomic mass is 10.1. The molecule has 2 amide bonds. The molecule has 3 nitrogen and oxygen atoms in total. The van der Waals surface area contributed by atoms with Crippen LogP contribution in [-0.4, -0.2) is 30.6 Å². The van der Waals surface area contributed by atoms with Crippen LogP contribution in [0, 0.1) is 0 Å². The first-order chi connectivity index (χ1) is 11.3. The van der Waals surface area contributed by atoms with Gasteiger partial charge in [-0.2, -0.15) is 0 Å². The Balaban J connectivity index is 3.79. The van der Waals surface area contributed by atoms with Crippen molar-refractivity contribution in [3.05, 3.63) is 0 Å². The van der Waals surface area contributed by atoms with Crippen LogP contribution in [0.3, 0.4) is 0 Å². The minimum atomic E-state index is 0.156. The molecule has 0 aliphatic rings. The molecule has 0 saturated heterocycles. The number of unbranched alkanes of at least 4 members (excludes halogenated alkanes) is 10. The fourth-order valence-electron chi connectivity index (χ4n) is 2.81. The molecule has 0 atom stereocenters. The first kappa shape index (κ1) is 22.3. The number of carbonyl (C=O) groups excluding carboxylic acids is 1. The Hall–Kier alpha value is -0.730. The van der Waals surface area contributed by atoms with E-state index in [-0.39, 0.29) is 6.03 Å². The lowest BCUT2D eigenvalue weighted by Crippen LogP contribution is -2.41. The van der Waals surface area contributed by atoms with Crippen molar-refractivity contribution in [2.75, 3.05) is 19.6 Å². The average Bonchev–Trinajstić information content (AvgIpc) is 2.56. The summed E-state index contributed by atoms with van der Waals surface area (Å²) in [6.07, 6.45) is 16.2. The van der Waals surface area contributed by atoms with E-state index < -0.39 is 0 Å². The molecular weight excluding hydrogens is 284 g/mol. The average molecular weight is 327 g/mol. The van der Waals surface area contributed by atoms with Gasteiger partial charge in [0.25, 0.3) is 0 Å². The maximum atomic E-state index is 12.3. The maximum absolute atomic E-state index is 12.3. The van der Waals surface area contributed by atoms with Crippen LogP contribution in [0.25, 0.3) is 0 Å². The van der Waals surface area contributed by atoms with E-state index in [1.54, 1.807) is 0 Å². The molecule has 23 heavy (non-hydrogen) atoms. The second-order valence-corrected chi connectivity index (χ2v) is 6.75. The molecule has 0 heterocycles. The third-order valence-corrected chi connectivity index (χ3v) is 4.41. The lowest BCUT2D eigenvalue weighted by molar-refractivity contribution is 0.195. The van der Waals surface area contributed by atoms with Crippen molar-refractivity contribution in [3.8, 4) is 0 Å². The van der Waals surface area contributed by atoms with Gasteiger partial charge in [0.15, 0.2) is 0 Å². The number of urea groups is 1. The Kier molecular flexibility index (Phi) is 17.1. The van der Waals surface area contributed by atoms with E-state index in [0.717, 1.165) is 38.9 Å². The molecule has 0 aliphatic carbocycles. The minimum Gasteiger partial charge on any atom is -0.338 e. The van der Waals surface area contributed by atoms with Crippen LogP contribution in [0.5, 0.6) is 0 Å². The monoisotopic (exact) mass is 326 g/mol. The molecular formula is C20H42N2O. The topological polar surface area (TPSA) is 32.3 Å². The first-order valence-electron chi connectivity index (χ1n) is 10.3. The van der Waals surface area contributed by atoms with Crippen LogP contribution in [0.4, 0.5) is 4.79 Å². The van der Waals surface area contributed by atoms with E-state index in [9.17, 15) is 4.79 Å². The highest BCUT2D eigenvalue weighted by Gasteiger charge is 2.11. The van der Waals surface area contributed by atoms with E-state index in [0.29, 0.717) is 0 Å². The lowest BCUT2D eigenvalue weighted by Gasteiger charge is -2.23. The third kappa shape index (κ3) is 14.6. The van der Waals surface area contributed by atoms with Crippen molar-refractivity contribution >= 4 is 6.03 Å². The fourth-order valence-corrected chi connectivity index (χ4v) is 2.81.